The smallest absolute Gasteiger partial charge is 0.228 e. The minimum absolute atomic E-state index is 0.0101. The summed E-state index contributed by atoms with van der Waals surface area (Å²) in [7, 11) is 0. The van der Waals surface area contributed by atoms with E-state index in [0.29, 0.717) is 17.4 Å². The normalized spacial score (nSPS) is 14.8. The van der Waals surface area contributed by atoms with Gasteiger partial charge < -0.3 is 14.7 Å². The first-order valence-corrected chi connectivity index (χ1v) is 9.91. The van der Waals surface area contributed by atoms with Gasteiger partial charge in [-0.15, -0.1) is 0 Å². The maximum atomic E-state index is 12.5. The van der Waals surface area contributed by atoms with Gasteiger partial charge in [-0.3, -0.25) is 9.78 Å². The molecule has 0 unspecified atom stereocenters. The Labute approximate surface area is 169 Å². The zero-order chi connectivity index (χ0) is 20.2. The van der Waals surface area contributed by atoms with E-state index in [-0.39, 0.29) is 11.8 Å². The lowest BCUT2D eigenvalue weighted by Gasteiger charge is -2.32. The summed E-state index contributed by atoms with van der Waals surface area (Å²) >= 11 is 0. The molecule has 3 aromatic rings. The molecule has 1 N–H and O–H groups in total. The van der Waals surface area contributed by atoms with Gasteiger partial charge in [-0.25, -0.2) is 9.97 Å². The van der Waals surface area contributed by atoms with Crippen LogP contribution >= 0.6 is 0 Å². The first-order chi connectivity index (χ1) is 14.1. The molecule has 1 amide bonds. The van der Waals surface area contributed by atoms with Crippen LogP contribution in [0.2, 0.25) is 0 Å². The van der Waals surface area contributed by atoms with Gasteiger partial charge in [0.05, 0.1) is 0 Å². The van der Waals surface area contributed by atoms with Crippen molar-refractivity contribution in [1.29, 1.82) is 0 Å². The molecule has 0 atom stereocenters. The second-order valence-electron chi connectivity index (χ2n) is 7.18. The van der Waals surface area contributed by atoms with Crippen LogP contribution in [-0.4, -0.2) is 39.1 Å². The largest absolute Gasteiger partial charge is 0.360 e. The minimum Gasteiger partial charge on any atom is -0.360 e. The second-order valence-corrected chi connectivity index (χ2v) is 7.18. The highest BCUT2D eigenvalue weighted by Gasteiger charge is 2.26. The second kappa shape index (κ2) is 8.38. The van der Waals surface area contributed by atoms with Crippen LogP contribution in [0.15, 0.2) is 41.1 Å². The molecule has 29 heavy (non-hydrogen) atoms. The number of aromatic nitrogens is 4. The van der Waals surface area contributed by atoms with E-state index in [1.807, 2.05) is 24.3 Å². The van der Waals surface area contributed by atoms with Crippen molar-refractivity contribution < 1.29 is 9.32 Å². The molecule has 8 nitrogen and oxygen atoms in total. The summed E-state index contributed by atoms with van der Waals surface area (Å²) in [6, 6.07) is 9.49. The maximum Gasteiger partial charge on any atom is 0.228 e. The standard InChI is InChI=1S/C21H24N6O2/c1-3-16-13-19(25-20(23-16)17-6-4-5-9-22-17)27-10-7-15(8-11-27)21(28)24-18-12-14(2)29-26-18/h4-6,9,12-13,15H,3,7-8,10-11H2,1-2H3,(H,24,26,28). The third-order valence-corrected chi connectivity index (χ3v) is 5.09. The van der Waals surface area contributed by atoms with Crippen LogP contribution < -0.4 is 10.2 Å². The lowest BCUT2D eigenvalue weighted by atomic mass is 9.96. The number of carbonyl (C=O) groups is 1. The molecular formula is C21H24N6O2. The van der Waals surface area contributed by atoms with Gasteiger partial charge >= 0.3 is 0 Å². The quantitative estimate of drug-likeness (QED) is 0.712. The molecule has 1 saturated heterocycles. The number of anilines is 2. The molecule has 0 aliphatic carbocycles. The Kier molecular flexibility index (Phi) is 5.50. The number of pyridine rings is 1. The van der Waals surface area contributed by atoms with Crippen molar-refractivity contribution in [3.63, 3.8) is 0 Å². The molecule has 0 aromatic carbocycles. The third-order valence-electron chi connectivity index (χ3n) is 5.09. The summed E-state index contributed by atoms with van der Waals surface area (Å²) in [6.07, 6.45) is 4.09. The number of rotatable bonds is 5. The summed E-state index contributed by atoms with van der Waals surface area (Å²) in [5.74, 6) is 2.62. The Morgan fingerprint density at radius 3 is 2.72 bits per heavy atom. The van der Waals surface area contributed by atoms with Crippen LogP contribution in [-0.2, 0) is 11.2 Å². The van der Waals surface area contributed by atoms with Gasteiger partial charge in [0.2, 0.25) is 5.91 Å². The summed E-state index contributed by atoms with van der Waals surface area (Å²) in [4.78, 5) is 28.5. The van der Waals surface area contributed by atoms with E-state index in [2.05, 4.69) is 32.3 Å². The molecule has 1 aliphatic rings. The van der Waals surface area contributed by atoms with E-state index < -0.39 is 0 Å². The monoisotopic (exact) mass is 392 g/mol. The van der Waals surface area contributed by atoms with E-state index in [0.717, 1.165) is 49.6 Å². The summed E-state index contributed by atoms with van der Waals surface area (Å²) < 4.78 is 5.00. The van der Waals surface area contributed by atoms with Crippen molar-refractivity contribution in [2.24, 2.45) is 5.92 Å². The number of amides is 1. The van der Waals surface area contributed by atoms with E-state index in [4.69, 9.17) is 9.51 Å². The Bertz CT molecular complexity index is 980. The zero-order valence-electron chi connectivity index (χ0n) is 16.6. The van der Waals surface area contributed by atoms with Crippen LogP contribution in [0.3, 0.4) is 0 Å². The number of carbonyl (C=O) groups excluding carboxylic acids is 1. The Hall–Kier alpha value is -3.29. The van der Waals surface area contributed by atoms with Gasteiger partial charge in [0.1, 0.15) is 17.3 Å². The molecule has 0 spiro atoms. The van der Waals surface area contributed by atoms with Crippen molar-refractivity contribution in [3.05, 3.63) is 48.0 Å². The molecular weight excluding hydrogens is 368 g/mol. The van der Waals surface area contributed by atoms with E-state index in [1.54, 1.807) is 19.2 Å². The van der Waals surface area contributed by atoms with Gasteiger partial charge in [-0.1, -0.05) is 18.1 Å². The van der Waals surface area contributed by atoms with Crippen molar-refractivity contribution >= 4 is 17.5 Å². The fraction of sp³-hybridized carbons (Fsp3) is 0.381. The Balaban J connectivity index is 1.44. The Morgan fingerprint density at radius 1 is 1.24 bits per heavy atom. The molecule has 0 bridgehead atoms. The van der Waals surface area contributed by atoms with Crippen molar-refractivity contribution in [2.75, 3.05) is 23.3 Å². The lowest BCUT2D eigenvalue weighted by molar-refractivity contribution is -0.120. The fourth-order valence-corrected chi connectivity index (χ4v) is 3.46. The van der Waals surface area contributed by atoms with Gasteiger partial charge in [0.25, 0.3) is 0 Å². The van der Waals surface area contributed by atoms with Gasteiger partial charge in [-0.2, -0.15) is 0 Å². The highest BCUT2D eigenvalue weighted by Crippen LogP contribution is 2.25. The molecule has 3 aromatic heterocycles. The SMILES string of the molecule is CCc1cc(N2CCC(C(=O)Nc3cc(C)on3)CC2)nc(-c2ccccn2)n1. The minimum atomic E-state index is -0.0500. The fourth-order valence-electron chi connectivity index (χ4n) is 3.46. The predicted molar refractivity (Wildman–Crippen MR) is 109 cm³/mol. The van der Waals surface area contributed by atoms with Crippen molar-refractivity contribution in [3.8, 4) is 11.5 Å². The van der Waals surface area contributed by atoms with Crippen LogP contribution in [0.25, 0.3) is 11.5 Å². The number of nitrogens with one attached hydrogen (secondary N) is 1. The third kappa shape index (κ3) is 4.42. The van der Waals surface area contributed by atoms with Crippen LogP contribution in [0.4, 0.5) is 11.6 Å². The summed E-state index contributed by atoms with van der Waals surface area (Å²) in [5.41, 5.74) is 1.75. The van der Waals surface area contributed by atoms with Crippen molar-refractivity contribution in [2.45, 2.75) is 33.1 Å². The number of hydrogen-bond donors (Lipinski definition) is 1. The predicted octanol–water partition coefficient (Wildman–Crippen LogP) is 3.25. The molecule has 1 aliphatic heterocycles. The van der Waals surface area contributed by atoms with Gasteiger partial charge in [-0.05, 0) is 38.3 Å². The van der Waals surface area contributed by atoms with Crippen LogP contribution in [0, 0.1) is 12.8 Å². The molecule has 150 valence electrons. The molecule has 8 heteroatoms. The molecule has 1 fully saturated rings. The maximum absolute atomic E-state index is 12.5. The number of nitrogens with zero attached hydrogens (tertiary/aromatic N) is 5. The average molecular weight is 392 g/mol. The number of piperidine rings is 1. The van der Waals surface area contributed by atoms with Gasteiger partial charge in [0.15, 0.2) is 11.6 Å². The zero-order valence-corrected chi connectivity index (χ0v) is 16.6. The van der Waals surface area contributed by atoms with E-state index >= 15 is 0 Å². The lowest BCUT2D eigenvalue weighted by Crippen LogP contribution is -2.38. The van der Waals surface area contributed by atoms with E-state index in [1.165, 1.54) is 0 Å². The Morgan fingerprint density at radius 2 is 2.07 bits per heavy atom. The van der Waals surface area contributed by atoms with Crippen LogP contribution in [0.1, 0.15) is 31.2 Å². The van der Waals surface area contributed by atoms with Crippen LogP contribution in [0.5, 0.6) is 0 Å². The topological polar surface area (TPSA) is 97.0 Å². The molecule has 4 heterocycles. The number of hydrogen-bond acceptors (Lipinski definition) is 7. The number of aryl methyl sites for hydroxylation is 2. The average Bonchev–Trinajstić information content (AvgIpc) is 3.18. The molecule has 0 saturated carbocycles. The van der Waals surface area contributed by atoms with E-state index in [9.17, 15) is 4.79 Å². The highest BCUT2D eigenvalue weighted by atomic mass is 16.5. The summed E-state index contributed by atoms with van der Waals surface area (Å²) in [5, 5.41) is 6.67. The first-order valence-electron chi connectivity index (χ1n) is 9.91. The summed E-state index contributed by atoms with van der Waals surface area (Å²) in [6.45, 7) is 5.40. The first kappa shape index (κ1) is 19.0. The van der Waals surface area contributed by atoms with Crippen molar-refractivity contribution in [1.82, 2.24) is 20.1 Å². The van der Waals surface area contributed by atoms with Gasteiger partial charge in [0, 0.05) is 43.0 Å². The highest BCUT2D eigenvalue weighted by molar-refractivity contribution is 5.91. The molecule has 4 rings (SSSR count). The molecule has 0 radical (unpaired) electrons.